The summed E-state index contributed by atoms with van der Waals surface area (Å²) in [6.07, 6.45) is 5.22. The molecule has 0 aliphatic carbocycles. The van der Waals surface area contributed by atoms with Gasteiger partial charge in [-0.25, -0.2) is 0 Å². The fraction of sp³-hybridized carbons (Fsp3) is 0.875. The predicted molar refractivity (Wildman–Crippen MR) is 38.7 cm³/mol. The molecule has 0 nitrogen and oxygen atoms in total. The summed E-state index contributed by atoms with van der Waals surface area (Å²) in [5, 5.41) is 0. The lowest BCUT2D eigenvalue weighted by molar-refractivity contribution is 0.688. The Morgan fingerprint density at radius 1 is 1.00 bits per heavy atom. The molecule has 0 amide bonds. The first-order valence-electron chi connectivity index (χ1n) is 3.68. The molecular weight excluding hydrogens is 96.1 g/mol. The van der Waals surface area contributed by atoms with E-state index in [0.717, 1.165) is 0 Å². The van der Waals surface area contributed by atoms with Crippen molar-refractivity contribution in [2.24, 2.45) is 0 Å². The average Bonchev–Trinajstić information content (AvgIpc) is 1.83. The Labute approximate surface area is 53.3 Å². The van der Waals surface area contributed by atoms with E-state index in [2.05, 4.69) is 20.8 Å². The molecule has 49 valence electrons. The minimum absolute atomic E-state index is 1.28. The smallest absolute Gasteiger partial charge is 0.0246 e. The first-order valence-corrected chi connectivity index (χ1v) is 3.68. The second kappa shape index (κ2) is 5.14. The van der Waals surface area contributed by atoms with E-state index in [1.807, 2.05) is 0 Å². The molecule has 0 rings (SSSR count). The van der Waals surface area contributed by atoms with Gasteiger partial charge < -0.3 is 0 Å². The zero-order valence-electron chi connectivity index (χ0n) is 6.33. The third-order valence-corrected chi connectivity index (χ3v) is 1.60. The maximum absolute atomic E-state index is 2.24. The highest BCUT2D eigenvalue weighted by molar-refractivity contribution is 4.84. The van der Waals surface area contributed by atoms with E-state index in [9.17, 15) is 0 Å². The Morgan fingerprint density at radius 3 is 1.62 bits per heavy atom. The van der Waals surface area contributed by atoms with Crippen molar-refractivity contribution in [2.75, 3.05) is 0 Å². The maximum Gasteiger partial charge on any atom is -0.0246 e. The molecular formula is C8H17. The second-order valence-electron chi connectivity index (χ2n) is 2.21. The van der Waals surface area contributed by atoms with Gasteiger partial charge in [0, 0.05) is 0 Å². The Balaban J connectivity index is 3.07. The lowest BCUT2D eigenvalue weighted by atomic mass is 9.98. The molecule has 0 heterocycles. The first-order chi connectivity index (χ1) is 3.85. The zero-order valence-corrected chi connectivity index (χ0v) is 6.33. The third kappa shape index (κ3) is 3.06. The predicted octanol–water partition coefficient (Wildman–Crippen LogP) is 3.18. The van der Waals surface area contributed by atoms with Crippen LogP contribution in [0.4, 0.5) is 0 Å². The van der Waals surface area contributed by atoms with Crippen LogP contribution in [0.25, 0.3) is 0 Å². The van der Waals surface area contributed by atoms with Crippen LogP contribution < -0.4 is 0 Å². The molecule has 8 heavy (non-hydrogen) atoms. The van der Waals surface area contributed by atoms with Crippen molar-refractivity contribution in [1.82, 2.24) is 0 Å². The minimum atomic E-state index is 1.28. The van der Waals surface area contributed by atoms with Gasteiger partial charge in [0.05, 0.1) is 0 Å². The summed E-state index contributed by atoms with van der Waals surface area (Å²) < 4.78 is 0. The van der Waals surface area contributed by atoms with Gasteiger partial charge in [-0.05, 0) is 25.2 Å². The zero-order chi connectivity index (χ0) is 6.41. The topological polar surface area (TPSA) is 0 Å². The molecule has 0 atom stereocenters. The Kier molecular flexibility index (Phi) is 5.14. The standard InChI is InChI=1S/C8H17/c1-4-7-8(5-2)6-3/h4-7H2,1-3H3. The van der Waals surface area contributed by atoms with E-state index < -0.39 is 0 Å². The lowest BCUT2D eigenvalue weighted by Crippen LogP contribution is -1.91. The highest BCUT2D eigenvalue weighted by Gasteiger charge is 1.99. The van der Waals surface area contributed by atoms with Crippen molar-refractivity contribution in [3.63, 3.8) is 0 Å². The van der Waals surface area contributed by atoms with Crippen molar-refractivity contribution in [1.29, 1.82) is 0 Å². The second-order valence-corrected chi connectivity index (χ2v) is 2.21. The van der Waals surface area contributed by atoms with Crippen LogP contribution in [0.5, 0.6) is 0 Å². The molecule has 0 aromatic carbocycles. The van der Waals surface area contributed by atoms with E-state index in [1.54, 1.807) is 5.92 Å². The Morgan fingerprint density at radius 2 is 1.50 bits per heavy atom. The van der Waals surface area contributed by atoms with E-state index >= 15 is 0 Å². The van der Waals surface area contributed by atoms with Gasteiger partial charge in [0.2, 0.25) is 0 Å². The summed E-state index contributed by atoms with van der Waals surface area (Å²) in [7, 11) is 0. The van der Waals surface area contributed by atoms with Crippen LogP contribution in [0.15, 0.2) is 0 Å². The van der Waals surface area contributed by atoms with Gasteiger partial charge in [-0.15, -0.1) is 0 Å². The minimum Gasteiger partial charge on any atom is -0.0654 e. The van der Waals surface area contributed by atoms with Crippen molar-refractivity contribution in [3.8, 4) is 0 Å². The molecule has 0 bridgehead atoms. The van der Waals surface area contributed by atoms with Crippen molar-refractivity contribution >= 4 is 0 Å². The van der Waals surface area contributed by atoms with Crippen molar-refractivity contribution in [3.05, 3.63) is 5.92 Å². The van der Waals surface area contributed by atoms with Crippen LogP contribution >= 0.6 is 0 Å². The summed E-state index contributed by atoms with van der Waals surface area (Å²) in [6.45, 7) is 6.73. The highest BCUT2D eigenvalue weighted by atomic mass is 14.0. The van der Waals surface area contributed by atoms with Gasteiger partial charge in [0.1, 0.15) is 0 Å². The Bertz CT molecular complexity index is 35.3. The van der Waals surface area contributed by atoms with Gasteiger partial charge >= 0.3 is 0 Å². The normalized spacial score (nSPS) is 10.5. The summed E-state index contributed by atoms with van der Waals surface area (Å²) in [4.78, 5) is 0. The van der Waals surface area contributed by atoms with Crippen LogP contribution in [-0.4, -0.2) is 0 Å². The fourth-order valence-electron chi connectivity index (χ4n) is 0.957. The largest absolute Gasteiger partial charge is 0.0654 e. The summed E-state index contributed by atoms with van der Waals surface area (Å²) in [5.41, 5.74) is 0. The van der Waals surface area contributed by atoms with Crippen LogP contribution in [0.1, 0.15) is 46.5 Å². The molecule has 0 saturated carbocycles. The molecule has 1 radical (unpaired) electrons. The lowest BCUT2D eigenvalue weighted by Gasteiger charge is -2.07. The van der Waals surface area contributed by atoms with Crippen LogP contribution in [-0.2, 0) is 0 Å². The summed E-state index contributed by atoms with van der Waals surface area (Å²) in [6, 6.07) is 0. The van der Waals surface area contributed by atoms with Crippen LogP contribution in [0, 0.1) is 5.92 Å². The molecule has 0 saturated heterocycles. The van der Waals surface area contributed by atoms with E-state index in [4.69, 9.17) is 0 Å². The average molecular weight is 113 g/mol. The Hall–Kier alpha value is 0. The molecule has 0 fully saturated rings. The molecule has 0 aliphatic heterocycles. The van der Waals surface area contributed by atoms with Gasteiger partial charge in [-0.3, -0.25) is 0 Å². The molecule has 0 aromatic heterocycles. The first kappa shape index (κ1) is 8.00. The molecule has 0 spiro atoms. The molecule has 0 heteroatoms. The summed E-state index contributed by atoms with van der Waals surface area (Å²) >= 11 is 0. The van der Waals surface area contributed by atoms with E-state index in [0.29, 0.717) is 0 Å². The number of hydrogen-bond acceptors (Lipinski definition) is 0. The third-order valence-electron chi connectivity index (χ3n) is 1.60. The van der Waals surface area contributed by atoms with Gasteiger partial charge in [-0.1, -0.05) is 27.2 Å². The number of hydrogen-bond donors (Lipinski definition) is 0. The van der Waals surface area contributed by atoms with Crippen molar-refractivity contribution < 1.29 is 0 Å². The van der Waals surface area contributed by atoms with E-state index in [-0.39, 0.29) is 0 Å². The molecule has 0 unspecified atom stereocenters. The molecule has 0 N–H and O–H groups in total. The summed E-state index contributed by atoms with van der Waals surface area (Å²) in [5.74, 6) is 1.72. The van der Waals surface area contributed by atoms with Gasteiger partial charge in [0.25, 0.3) is 0 Å². The molecule has 0 aromatic rings. The van der Waals surface area contributed by atoms with E-state index in [1.165, 1.54) is 25.7 Å². The van der Waals surface area contributed by atoms with Crippen LogP contribution in [0.2, 0.25) is 0 Å². The van der Waals surface area contributed by atoms with Crippen LogP contribution in [0.3, 0.4) is 0 Å². The fourth-order valence-corrected chi connectivity index (χ4v) is 0.957. The van der Waals surface area contributed by atoms with Gasteiger partial charge in [0.15, 0.2) is 0 Å². The number of rotatable bonds is 4. The highest BCUT2D eigenvalue weighted by Crippen LogP contribution is 2.15. The molecule has 0 aliphatic rings. The maximum atomic E-state index is 2.24. The van der Waals surface area contributed by atoms with Crippen molar-refractivity contribution in [2.45, 2.75) is 46.5 Å². The quantitative estimate of drug-likeness (QED) is 0.525. The SMILES string of the molecule is CCC[C](CC)CC. The van der Waals surface area contributed by atoms with Gasteiger partial charge in [-0.2, -0.15) is 0 Å². The monoisotopic (exact) mass is 113 g/mol.